The van der Waals surface area contributed by atoms with E-state index in [2.05, 4.69) is 6.07 Å². The Kier molecular flexibility index (Phi) is 2.99. The Labute approximate surface area is 116 Å². The lowest BCUT2D eigenvalue weighted by Gasteiger charge is -2.07. The van der Waals surface area contributed by atoms with Crippen LogP contribution >= 0.6 is 0 Å². The van der Waals surface area contributed by atoms with Gasteiger partial charge in [-0.05, 0) is 18.6 Å². The van der Waals surface area contributed by atoms with E-state index in [9.17, 15) is 10.1 Å². The topological polar surface area (TPSA) is 48.1 Å². The summed E-state index contributed by atoms with van der Waals surface area (Å²) < 4.78 is 1.93. The number of para-hydroxylation sites is 1. The van der Waals surface area contributed by atoms with Crippen molar-refractivity contribution in [2.45, 2.75) is 13.5 Å². The molecule has 100 valence electrons. The number of hydrogen-bond acceptors (Lipinski definition) is 2. The Morgan fingerprint density at radius 1 is 1.15 bits per heavy atom. The van der Waals surface area contributed by atoms with Crippen molar-refractivity contribution in [2.75, 3.05) is 0 Å². The molecule has 4 heteroatoms. The highest BCUT2D eigenvalue weighted by molar-refractivity contribution is 5.88. The molecule has 0 N–H and O–H groups in total. The van der Waals surface area contributed by atoms with Crippen molar-refractivity contribution in [1.29, 1.82) is 0 Å². The maximum atomic E-state index is 11.2. The van der Waals surface area contributed by atoms with Crippen LogP contribution < -0.4 is 0 Å². The van der Waals surface area contributed by atoms with Crippen LogP contribution in [-0.2, 0) is 6.54 Å². The molecule has 0 amide bonds. The van der Waals surface area contributed by atoms with Gasteiger partial charge in [-0.1, -0.05) is 42.0 Å². The molecule has 20 heavy (non-hydrogen) atoms. The summed E-state index contributed by atoms with van der Waals surface area (Å²) in [5.41, 5.74) is 3.16. The summed E-state index contributed by atoms with van der Waals surface area (Å²) >= 11 is 0. The van der Waals surface area contributed by atoms with Crippen LogP contribution in [0.1, 0.15) is 11.1 Å². The van der Waals surface area contributed by atoms with Crippen molar-refractivity contribution in [3.05, 3.63) is 76.0 Å². The zero-order chi connectivity index (χ0) is 14.1. The summed E-state index contributed by atoms with van der Waals surface area (Å²) in [6.45, 7) is 2.68. The first-order valence-corrected chi connectivity index (χ1v) is 6.43. The van der Waals surface area contributed by atoms with Gasteiger partial charge in [0.2, 0.25) is 0 Å². The summed E-state index contributed by atoms with van der Waals surface area (Å²) in [5, 5.41) is 12.1. The van der Waals surface area contributed by atoms with E-state index in [1.54, 1.807) is 12.1 Å². The SMILES string of the molecule is Cc1cccc(Cn2ccc3cccc([N+](=O)[O-])c32)c1. The molecule has 4 nitrogen and oxygen atoms in total. The highest BCUT2D eigenvalue weighted by Crippen LogP contribution is 2.27. The molecular weight excluding hydrogens is 252 g/mol. The van der Waals surface area contributed by atoms with Gasteiger partial charge in [0.25, 0.3) is 5.69 Å². The molecule has 0 fully saturated rings. The quantitative estimate of drug-likeness (QED) is 0.533. The molecular formula is C16H14N2O2. The van der Waals surface area contributed by atoms with Crippen molar-refractivity contribution in [3.63, 3.8) is 0 Å². The first-order valence-electron chi connectivity index (χ1n) is 6.43. The first kappa shape index (κ1) is 12.4. The smallest absolute Gasteiger partial charge is 0.293 e. The van der Waals surface area contributed by atoms with Crippen molar-refractivity contribution in [2.24, 2.45) is 0 Å². The molecule has 1 heterocycles. The van der Waals surface area contributed by atoms with Gasteiger partial charge in [-0.25, -0.2) is 0 Å². The van der Waals surface area contributed by atoms with Crippen molar-refractivity contribution < 1.29 is 4.92 Å². The van der Waals surface area contributed by atoms with Gasteiger partial charge in [-0.15, -0.1) is 0 Å². The Balaban J connectivity index is 2.10. The largest absolute Gasteiger partial charge is 0.337 e. The highest BCUT2D eigenvalue weighted by atomic mass is 16.6. The minimum atomic E-state index is -0.324. The first-order chi connectivity index (χ1) is 9.65. The van der Waals surface area contributed by atoms with Gasteiger partial charge >= 0.3 is 0 Å². The minimum Gasteiger partial charge on any atom is -0.337 e. The van der Waals surface area contributed by atoms with E-state index in [1.165, 1.54) is 5.56 Å². The van der Waals surface area contributed by atoms with Gasteiger partial charge in [-0.3, -0.25) is 10.1 Å². The van der Waals surface area contributed by atoms with E-state index in [0.717, 1.165) is 10.9 Å². The average molecular weight is 266 g/mol. The molecule has 0 radical (unpaired) electrons. The maximum Gasteiger partial charge on any atom is 0.293 e. The zero-order valence-corrected chi connectivity index (χ0v) is 11.1. The summed E-state index contributed by atoms with van der Waals surface area (Å²) in [6.07, 6.45) is 1.90. The van der Waals surface area contributed by atoms with Crippen molar-refractivity contribution >= 4 is 16.6 Å². The van der Waals surface area contributed by atoms with Crippen LogP contribution in [0.2, 0.25) is 0 Å². The molecule has 2 aromatic carbocycles. The van der Waals surface area contributed by atoms with Crippen LogP contribution in [-0.4, -0.2) is 9.49 Å². The van der Waals surface area contributed by atoms with E-state index >= 15 is 0 Å². The Hall–Kier alpha value is -2.62. The fourth-order valence-electron chi connectivity index (χ4n) is 2.53. The number of aryl methyl sites for hydroxylation is 1. The second-order valence-corrected chi connectivity index (χ2v) is 4.90. The van der Waals surface area contributed by atoms with Crippen LogP contribution in [0, 0.1) is 17.0 Å². The second kappa shape index (κ2) is 4.81. The Morgan fingerprint density at radius 3 is 2.70 bits per heavy atom. The lowest BCUT2D eigenvalue weighted by atomic mass is 10.1. The number of benzene rings is 2. The molecule has 3 aromatic rings. The van der Waals surface area contributed by atoms with Crippen LogP contribution in [0.25, 0.3) is 10.9 Å². The Morgan fingerprint density at radius 2 is 1.95 bits per heavy atom. The molecule has 3 rings (SSSR count). The van der Waals surface area contributed by atoms with Crippen LogP contribution in [0.5, 0.6) is 0 Å². The third-order valence-corrected chi connectivity index (χ3v) is 3.40. The molecule has 0 aliphatic carbocycles. The number of aromatic nitrogens is 1. The number of nitro benzene ring substituents is 1. The van der Waals surface area contributed by atoms with Crippen molar-refractivity contribution in [1.82, 2.24) is 4.57 Å². The van der Waals surface area contributed by atoms with E-state index in [1.807, 2.05) is 48.0 Å². The number of hydrogen-bond donors (Lipinski definition) is 0. The molecule has 0 saturated carbocycles. The fraction of sp³-hybridized carbons (Fsp3) is 0.125. The van der Waals surface area contributed by atoms with Gasteiger partial charge in [0, 0.05) is 24.2 Å². The Bertz CT molecular complexity index is 790. The summed E-state index contributed by atoms with van der Waals surface area (Å²) in [5.74, 6) is 0. The second-order valence-electron chi connectivity index (χ2n) is 4.90. The van der Waals surface area contributed by atoms with Crippen LogP contribution in [0.15, 0.2) is 54.7 Å². The molecule has 1 aromatic heterocycles. The van der Waals surface area contributed by atoms with E-state index in [-0.39, 0.29) is 10.6 Å². The molecule has 0 aliphatic heterocycles. The van der Waals surface area contributed by atoms with Gasteiger partial charge in [-0.2, -0.15) is 0 Å². The van der Waals surface area contributed by atoms with Gasteiger partial charge < -0.3 is 4.57 Å². The standard InChI is InChI=1S/C16H14N2O2/c1-12-4-2-5-13(10-12)11-17-9-8-14-6-3-7-15(16(14)17)18(19)20/h2-10H,11H2,1H3. The lowest BCUT2D eigenvalue weighted by Crippen LogP contribution is -2.00. The summed E-state index contributed by atoms with van der Waals surface area (Å²) in [4.78, 5) is 10.8. The van der Waals surface area contributed by atoms with Gasteiger partial charge in [0.05, 0.1) is 4.92 Å². The number of nitro groups is 1. The van der Waals surface area contributed by atoms with E-state index < -0.39 is 0 Å². The molecule has 0 spiro atoms. The number of fused-ring (bicyclic) bond motifs is 1. The van der Waals surface area contributed by atoms with Crippen molar-refractivity contribution in [3.8, 4) is 0 Å². The normalized spacial score (nSPS) is 10.8. The molecule has 0 aliphatic rings. The van der Waals surface area contributed by atoms with Crippen LogP contribution in [0.4, 0.5) is 5.69 Å². The maximum absolute atomic E-state index is 11.2. The van der Waals surface area contributed by atoms with E-state index in [4.69, 9.17) is 0 Å². The average Bonchev–Trinajstić information content (AvgIpc) is 2.82. The number of non-ortho nitro benzene ring substituents is 1. The minimum absolute atomic E-state index is 0.153. The number of rotatable bonds is 3. The monoisotopic (exact) mass is 266 g/mol. The van der Waals surface area contributed by atoms with E-state index in [0.29, 0.717) is 12.1 Å². The lowest BCUT2D eigenvalue weighted by molar-refractivity contribution is -0.383. The summed E-state index contributed by atoms with van der Waals surface area (Å²) in [6, 6.07) is 15.3. The molecule has 0 bridgehead atoms. The molecule has 0 unspecified atom stereocenters. The van der Waals surface area contributed by atoms with Crippen LogP contribution in [0.3, 0.4) is 0 Å². The van der Waals surface area contributed by atoms with Gasteiger partial charge in [0.15, 0.2) is 0 Å². The predicted octanol–water partition coefficient (Wildman–Crippen LogP) is 3.91. The third-order valence-electron chi connectivity index (χ3n) is 3.40. The number of nitrogens with zero attached hydrogens (tertiary/aromatic N) is 2. The third kappa shape index (κ3) is 2.16. The highest BCUT2D eigenvalue weighted by Gasteiger charge is 2.15. The summed E-state index contributed by atoms with van der Waals surface area (Å²) in [7, 11) is 0. The van der Waals surface area contributed by atoms with Gasteiger partial charge in [0.1, 0.15) is 5.52 Å². The molecule has 0 atom stereocenters. The fourth-order valence-corrected chi connectivity index (χ4v) is 2.53. The zero-order valence-electron chi connectivity index (χ0n) is 11.1. The predicted molar refractivity (Wildman–Crippen MR) is 78.9 cm³/mol. The molecule has 0 saturated heterocycles.